The summed E-state index contributed by atoms with van der Waals surface area (Å²) in [5.41, 5.74) is 10.5. The molecular weight excluding hydrogens is 380 g/mol. The molecule has 2 rings (SSSR count). The number of hydrogen-bond donors (Lipinski definition) is 5. The number of ether oxygens (including phenoxy) is 2. The second-order valence-corrected chi connectivity index (χ2v) is 7.05. The van der Waals surface area contributed by atoms with E-state index in [1.54, 1.807) is 0 Å². The summed E-state index contributed by atoms with van der Waals surface area (Å²) in [6.07, 6.45) is -1.28. The number of hydrogen-bond acceptors (Lipinski definition) is 8. The van der Waals surface area contributed by atoms with E-state index in [4.69, 9.17) is 26.4 Å². The monoisotopic (exact) mass is 406 g/mol. The molecule has 1 aromatic rings. The number of carbonyl (C=O) groups excluding carboxylic acids is 3. The first-order valence-electron chi connectivity index (χ1n) is 9.16. The number of nitrogens with one attached hydrogen (secondary N) is 2. The first-order valence-corrected chi connectivity index (χ1v) is 9.16. The number of amides is 1. The number of aliphatic hydroxyl groups is 1. The van der Waals surface area contributed by atoms with Crippen LogP contribution in [0.1, 0.15) is 49.0 Å². The van der Waals surface area contributed by atoms with Gasteiger partial charge in [-0.2, -0.15) is 0 Å². The molecule has 0 spiro atoms. The summed E-state index contributed by atoms with van der Waals surface area (Å²) in [4.78, 5) is 36.1. The van der Waals surface area contributed by atoms with Gasteiger partial charge in [-0.25, -0.2) is 4.79 Å². The zero-order chi connectivity index (χ0) is 21.8. The van der Waals surface area contributed by atoms with Crippen molar-refractivity contribution < 1.29 is 29.0 Å². The highest BCUT2D eigenvalue weighted by Crippen LogP contribution is 2.31. The zero-order valence-electron chi connectivity index (χ0n) is 16.3. The lowest BCUT2D eigenvalue weighted by molar-refractivity contribution is -0.208. The van der Waals surface area contributed by atoms with Crippen molar-refractivity contribution in [3.63, 3.8) is 0 Å². The van der Waals surface area contributed by atoms with Crippen LogP contribution in [0.3, 0.4) is 0 Å². The highest BCUT2D eigenvalue weighted by atomic mass is 16.6. The third-order valence-corrected chi connectivity index (χ3v) is 4.63. The fourth-order valence-corrected chi connectivity index (χ4v) is 3.13. The molecule has 10 nitrogen and oxygen atoms in total. The Balaban J connectivity index is 2.03. The van der Waals surface area contributed by atoms with Crippen molar-refractivity contribution in [2.24, 2.45) is 11.5 Å². The summed E-state index contributed by atoms with van der Waals surface area (Å²) >= 11 is 0. The molecule has 0 bridgehead atoms. The van der Waals surface area contributed by atoms with E-state index in [1.807, 2.05) is 0 Å². The van der Waals surface area contributed by atoms with Gasteiger partial charge < -0.3 is 25.6 Å². The highest BCUT2D eigenvalue weighted by molar-refractivity contribution is 5.99. The Morgan fingerprint density at radius 3 is 2.41 bits per heavy atom. The van der Waals surface area contributed by atoms with Gasteiger partial charge in [0.05, 0.1) is 6.10 Å². The second-order valence-electron chi connectivity index (χ2n) is 7.05. The van der Waals surface area contributed by atoms with E-state index in [2.05, 4.69) is 5.32 Å². The average molecular weight is 406 g/mol. The van der Waals surface area contributed by atoms with Gasteiger partial charge in [0.15, 0.2) is 6.10 Å². The number of amidine groups is 1. The van der Waals surface area contributed by atoms with Crippen LogP contribution in [0.15, 0.2) is 24.3 Å². The van der Waals surface area contributed by atoms with Crippen molar-refractivity contribution in [1.29, 1.82) is 5.41 Å². The molecule has 1 aliphatic rings. The predicted octanol–water partition coefficient (Wildman–Crippen LogP) is -0.236. The number of benzene rings is 1. The van der Waals surface area contributed by atoms with Gasteiger partial charge in [0.2, 0.25) is 5.72 Å². The fraction of sp³-hybridized carbons (Fsp3) is 0.474. The van der Waals surface area contributed by atoms with E-state index in [9.17, 15) is 19.5 Å². The van der Waals surface area contributed by atoms with Gasteiger partial charge in [0, 0.05) is 24.5 Å². The van der Waals surface area contributed by atoms with Crippen molar-refractivity contribution in [2.75, 3.05) is 0 Å². The Kier molecular flexibility index (Phi) is 6.93. The van der Waals surface area contributed by atoms with E-state index in [1.165, 1.54) is 38.1 Å². The maximum Gasteiger partial charge on any atom is 0.328 e. The van der Waals surface area contributed by atoms with Gasteiger partial charge in [-0.1, -0.05) is 12.1 Å². The molecule has 4 atom stereocenters. The van der Waals surface area contributed by atoms with E-state index in [0.29, 0.717) is 18.4 Å². The maximum absolute atomic E-state index is 12.5. The number of carbonyl (C=O) groups is 3. The predicted molar refractivity (Wildman–Crippen MR) is 103 cm³/mol. The topological polar surface area (TPSA) is 178 Å². The van der Waals surface area contributed by atoms with Crippen LogP contribution < -0.4 is 16.8 Å². The molecule has 7 N–H and O–H groups in total. The molecule has 0 aromatic heterocycles. The van der Waals surface area contributed by atoms with Gasteiger partial charge >= 0.3 is 11.9 Å². The normalized spacial score (nSPS) is 24.8. The van der Waals surface area contributed by atoms with Crippen LogP contribution in [-0.2, 0) is 19.1 Å². The molecule has 158 valence electrons. The first kappa shape index (κ1) is 22.3. The Morgan fingerprint density at radius 1 is 1.28 bits per heavy atom. The summed E-state index contributed by atoms with van der Waals surface area (Å²) in [7, 11) is 0. The van der Waals surface area contributed by atoms with Crippen molar-refractivity contribution in [1.82, 2.24) is 5.32 Å². The lowest BCUT2D eigenvalue weighted by atomic mass is 9.87. The minimum absolute atomic E-state index is 0.127. The first-order chi connectivity index (χ1) is 13.5. The Morgan fingerprint density at radius 2 is 1.86 bits per heavy atom. The molecule has 10 heteroatoms. The third-order valence-electron chi connectivity index (χ3n) is 4.63. The van der Waals surface area contributed by atoms with Gasteiger partial charge in [-0.05, 0) is 31.9 Å². The molecule has 1 aliphatic carbocycles. The van der Waals surface area contributed by atoms with Crippen LogP contribution in [0, 0.1) is 5.41 Å². The zero-order valence-corrected chi connectivity index (χ0v) is 16.3. The van der Waals surface area contributed by atoms with Gasteiger partial charge in [0.1, 0.15) is 11.9 Å². The van der Waals surface area contributed by atoms with Gasteiger partial charge in [-0.15, -0.1) is 0 Å². The quantitative estimate of drug-likeness (QED) is 0.186. The van der Waals surface area contributed by atoms with Crippen molar-refractivity contribution in [2.45, 2.75) is 57.1 Å². The van der Waals surface area contributed by atoms with E-state index in [0.717, 1.165) is 0 Å². The Bertz CT molecular complexity index is 796. The maximum atomic E-state index is 12.5. The summed E-state index contributed by atoms with van der Waals surface area (Å²) in [6, 6.07) is 4.92. The lowest BCUT2D eigenvalue weighted by Crippen LogP contribution is -2.63. The molecule has 0 heterocycles. The molecule has 0 aliphatic heterocycles. The van der Waals surface area contributed by atoms with E-state index in [-0.39, 0.29) is 17.8 Å². The third kappa shape index (κ3) is 5.52. The van der Waals surface area contributed by atoms with Crippen LogP contribution >= 0.6 is 0 Å². The molecule has 1 amide bonds. The van der Waals surface area contributed by atoms with Crippen LogP contribution in [0.25, 0.3) is 0 Å². The second kappa shape index (κ2) is 9.01. The molecule has 3 unspecified atom stereocenters. The smallest absolute Gasteiger partial charge is 0.328 e. The molecular formula is C19H26N4O6. The van der Waals surface area contributed by atoms with Crippen molar-refractivity contribution in [3.8, 4) is 0 Å². The number of rotatable bonds is 6. The van der Waals surface area contributed by atoms with E-state index < -0.39 is 41.8 Å². The minimum atomic E-state index is -1.63. The summed E-state index contributed by atoms with van der Waals surface area (Å²) in [6.45, 7) is 2.60. The Hall–Kier alpha value is -2.98. The fourth-order valence-electron chi connectivity index (χ4n) is 3.13. The van der Waals surface area contributed by atoms with Gasteiger partial charge in [0.25, 0.3) is 5.91 Å². The number of aliphatic hydroxyl groups excluding tert-OH is 1. The largest absolute Gasteiger partial charge is 0.452 e. The SMILES string of the molecule is CC(=O)OC1(N)CCCC(O)C1OC(=O)[C@H](C)NC(=O)c1ccc(C(=N)N)cc1. The van der Waals surface area contributed by atoms with Crippen LogP contribution in [-0.4, -0.2) is 52.8 Å². The molecule has 1 saturated carbocycles. The van der Waals surface area contributed by atoms with Crippen molar-refractivity contribution >= 4 is 23.7 Å². The number of nitrogens with two attached hydrogens (primary N) is 2. The number of esters is 2. The standard InChI is InChI=1S/C19H26N4O6/c1-10(23-17(26)13-7-5-12(6-8-13)16(20)21)18(27)28-15-14(25)4-3-9-19(15,22)29-11(2)24/h5-8,10,14-15,25H,3-4,9,22H2,1-2H3,(H3,20,21)(H,23,26)/t10-,14?,15?,19?/m0/s1. The highest BCUT2D eigenvalue weighted by Gasteiger charge is 2.48. The average Bonchev–Trinajstić information content (AvgIpc) is 2.64. The molecule has 0 radical (unpaired) electrons. The summed E-state index contributed by atoms with van der Waals surface area (Å²) < 4.78 is 10.4. The van der Waals surface area contributed by atoms with Gasteiger partial charge in [-0.3, -0.25) is 20.7 Å². The molecule has 1 fully saturated rings. The lowest BCUT2D eigenvalue weighted by Gasteiger charge is -2.42. The Labute approximate surface area is 168 Å². The van der Waals surface area contributed by atoms with E-state index >= 15 is 0 Å². The van der Waals surface area contributed by atoms with Crippen molar-refractivity contribution in [3.05, 3.63) is 35.4 Å². The van der Waals surface area contributed by atoms with Crippen LogP contribution in [0.4, 0.5) is 0 Å². The summed E-state index contributed by atoms with van der Waals surface area (Å²) in [5, 5.41) is 20.1. The molecule has 0 saturated heterocycles. The summed E-state index contributed by atoms with van der Waals surface area (Å²) in [5.74, 6) is -2.14. The molecule has 29 heavy (non-hydrogen) atoms. The molecule has 1 aromatic carbocycles. The van der Waals surface area contributed by atoms with Crippen LogP contribution in [0.2, 0.25) is 0 Å². The van der Waals surface area contributed by atoms with Crippen LogP contribution in [0.5, 0.6) is 0 Å². The minimum Gasteiger partial charge on any atom is -0.452 e. The number of nitrogen functional groups attached to an aromatic ring is 1.